The van der Waals surface area contributed by atoms with E-state index in [4.69, 9.17) is 0 Å². The highest BCUT2D eigenvalue weighted by Crippen LogP contribution is 2.26. The SMILES string of the molecule is CCCCn1c(S[C@@H](C)C(=O)N2CCC(Cc3ccccc3)CC2)n[nH]c1=O. The van der Waals surface area contributed by atoms with Gasteiger partial charge in [0.1, 0.15) is 0 Å². The summed E-state index contributed by atoms with van der Waals surface area (Å²) < 4.78 is 1.64. The average Bonchev–Trinajstić information content (AvgIpc) is 3.06. The minimum absolute atomic E-state index is 0.139. The summed E-state index contributed by atoms with van der Waals surface area (Å²) in [6.45, 7) is 6.26. The fourth-order valence-electron chi connectivity index (χ4n) is 3.68. The molecule has 1 amide bonds. The number of unbranched alkanes of at least 4 members (excludes halogenated alkanes) is 1. The number of carbonyl (C=O) groups excluding carboxylic acids is 1. The van der Waals surface area contributed by atoms with Gasteiger partial charge in [-0.05, 0) is 44.1 Å². The molecular formula is C21H30N4O2S. The van der Waals surface area contributed by atoms with Crippen molar-refractivity contribution in [1.29, 1.82) is 0 Å². The van der Waals surface area contributed by atoms with Crippen LogP contribution in [0, 0.1) is 5.92 Å². The van der Waals surface area contributed by atoms with Crippen molar-refractivity contribution in [2.45, 2.75) is 62.9 Å². The Kier molecular flexibility index (Phi) is 7.36. The zero-order chi connectivity index (χ0) is 19.9. The lowest BCUT2D eigenvalue weighted by Crippen LogP contribution is -2.42. The van der Waals surface area contributed by atoms with Crippen LogP contribution in [0.5, 0.6) is 0 Å². The molecule has 2 heterocycles. The first-order valence-electron chi connectivity index (χ1n) is 10.2. The van der Waals surface area contributed by atoms with Crippen LogP contribution in [-0.4, -0.2) is 43.9 Å². The third-order valence-electron chi connectivity index (χ3n) is 5.38. The van der Waals surface area contributed by atoms with Gasteiger partial charge in [-0.1, -0.05) is 55.4 Å². The maximum Gasteiger partial charge on any atom is 0.343 e. The lowest BCUT2D eigenvalue weighted by molar-refractivity contribution is -0.131. The first kappa shape index (κ1) is 20.7. The second kappa shape index (κ2) is 9.96. The highest BCUT2D eigenvalue weighted by atomic mass is 32.2. The van der Waals surface area contributed by atoms with Gasteiger partial charge in [-0.25, -0.2) is 9.89 Å². The fourth-order valence-corrected chi connectivity index (χ4v) is 4.64. The number of aromatic amines is 1. The van der Waals surface area contributed by atoms with Crippen LogP contribution >= 0.6 is 11.8 Å². The number of benzene rings is 1. The quantitative estimate of drug-likeness (QED) is 0.688. The largest absolute Gasteiger partial charge is 0.343 e. The van der Waals surface area contributed by atoms with E-state index in [1.165, 1.54) is 17.3 Å². The molecule has 1 aliphatic heterocycles. The van der Waals surface area contributed by atoms with Crippen LogP contribution in [0.15, 0.2) is 40.3 Å². The summed E-state index contributed by atoms with van der Waals surface area (Å²) in [4.78, 5) is 26.8. The molecule has 1 aliphatic rings. The highest BCUT2D eigenvalue weighted by molar-refractivity contribution is 8.00. The molecule has 0 saturated carbocycles. The maximum absolute atomic E-state index is 12.9. The predicted molar refractivity (Wildman–Crippen MR) is 113 cm³/mol. The van der Waals surface area contributed by atoms with Crippen LogP contribution in [0.1, 0.15) is 45.1 Å². The highest BCUT2D eigenvalue weighted by Gasteiger charge is 2.27. The molecule has 1 aromatic carbocycles. The number of hydrogen-bond donors (Lipinski definition) is 1. The van der Waals surface area contributed by atoms with E-state index in [1.807, 2.05) is 17.9 Å². The van der Waals surface area contributed by atoms with Crippen molar-refractivity contribution >= 4 is 17.7 Å². The Balaban J connectivity index is 1.51. The van der Waals surface area contributed by atoms with Crippen LogP contribution in [0.4, 0.5) is 0 Å². The zero-order valence-corrected chi connectivity index (χ0v) is 17.6. The third kappa shape index (κ3) is 5.28. The molecule has 1 aromatic heterocycles. The van der Waals surface area contributed by atoms with Crippen LogP contribution in [-0.2, 0) is 17.8 Å². The minimum atomic E-state index is -0.249. The monoisotopic (exact) mass is 402 g/mol. The Bertz CT molecular complexity index is 809. The maximum atomic E-state index is 12.9. The van der Waals surface area contributed by atoms with Gasteiger partial charge in [-0.15, -0.1) is 5.10 Å². The summed E-state index contributed by atoms with van der Waals surface area (Å²) in [5.74, 6) is 0.778. The van der Waals surface area contributed by atoms with Gasteiger partial charge >= 0.3 is 5.69 Å². The Labute approximate surface area is 170 Å². The van der Waals surface area contributed by atoms with E-state index in [1.54, 1.807) is 4.57 Å². The van der Waals surface area contributed by atoms with E-state index in [0.29, 0.717) is 17.6 Å². The standard InChI is InChI=1S/C21H30N4O2S/c1-3-4-12-25-20(27)22-23-21(25)28-16(2)19(26)24-13-10-18(11-14-24)15-17-8-6-5-7-9-17/h5-9,16,18H,3-4,10-15H2,1-2H3,(H,22,27)/t16-/m0/s1. The number of nitrogens with zero attached hydrogens (tertiary/aromatic N) is 3. The first-order chi connectivity index (χ1) is 13.6. The number of amides is 1. The Morgan fingerprint density at radius 3 is 2.68 bits per heavy atom. The molecule has 152 valence electrons. The van der Waals surface area contributed by atoms with E-state index >= 15 is 0 Å². The molecular weight excluding hydrogens is 372 g/mol. The van der Waals surface area contributed by atoms with Crippen molar-refractivity contribution in [3.05, 3.63) is 46.4 Å². The number of rotatable bonds is 8. The summed E-state index contributed by atoms with van der Waals surface area (Å²) in [5, 5.41) is 6.98. The topological polar surface area (TPSA) is 71.0 Å². The minimum Gasteiger partial charge on any atom is -0.342 e. The molecule has 2 aromatic rings. The molecule has 0 bridgehead atoms. The number of piperidine rings is 1. The molecule has 7 heteroatoms. The Morgan fingerprint density at radius 1 is 1.29 bits per heavy atom. The lowest BCUT2D eigenvalue weighted by Gasteiger charge is -2.33. The molecule has 1 saturated heterocycles. The second-order valence-electron chi connectivity index (χ2n) is 7.53. The molecule has 3 rings (SSSR count). The van der Waals surface area contributed by atoms with Crippen molar-refractivity contribution in [1.82, 2.24) is 19.7 Å². The summed E-state index contributed by atoms with van der Waals surface area (Å²) >= 11 is 1.38. The van der Waals surface area contributed by atoms with Crippen LogP contribution in [0.2, 0.25) is 0 Å². The predicted octanol–water partition coefficient (Wildman–Crippen LogP) is 3.33. The summed E-state index contributed by atoms with van der Waals surface area (Å²) in [7, 11) is 0. The Hall–Kier alpha value is -2.02. The van der Waals surface area contributed by atoms with Gasteiger partial charge in [0.05, 0.1) is 5.25 Å². The van der Waals surface area contributed by atoms with Crippen molar-refractivity contribution in [3.8, 4) is 0 Å². The number of aromatic nitrogens is 3. The zero-order valence-electron chi connectivity index (χ0n) is 16.8. The van der Waals surface area contributed by atoms with Gasteiger partial charge in [0, 0.05) is 19.6 Å². The number of nitrogens with one attached hydrogen (secondary N) is 1. The molecule has 6 nitrogen and oxygen atoms in total. The number of hydrogen-bond acceptors (Lipinski definition) is 4. The van der Waals surface area contributed by atoms with Gasteiger partial charge in [0.25, 0.3) is 0 Å². The molecule has 0 radical (unpaired) electrons. The summed E-state index contributed by atoms with van der Waals surface area (Å²) in [6.07, 6.45) is 5.10. The van der Waals surface area contributed by atoms with Crippen molar-refractivity contribution < 1.29 is 4.79 Å². The number of likely N-dealkylation sites (tertiary alicyclic amines) is 1. The first-order valence-corrected chi connectivity index (χ1v) is 11.1. The van der Waals surface area contributed by atoms with Crippen LogP contribution < -0.4 is 5.69 Å². The normalized spacial score (nSPS) is 16.3. The van der Waals surface area contributed by atoms with Gasteiger partial charge in [0.15, 0.2) is 5.16 Å². The summed E-state index contributed by atoms with van der Waals surface area (Å²) in [5.41, 5.74) is 1.18. The number of thioether (sulfide) groups is 1. The third-order valence-corrected chi connectivity index (χ3v) is 6.46. The van der Waals surface area contributed by atoms with E-state index in [2.05, 4.69) is 41.4 Å². The van der Waals surface area contributed by atoms with Crippen molar-refractivity contribution in [2.75, 3.05) is 13.1 Å². The van der Waals surface area contributed by atoms with Gasteiger partial charge in [-0.2, -0.15) is 0 Å². The average molecular weight is 403 g/mol. The molecule has 28 heavy (non-hydrogen) atoms. The van der Waals surface area contributed by atoms with E-state index in [0.717, 1.165) is 45.2 Å². The van der Waals surface area contributed by atoms with Gasteiger partial charge in [-0.3, -0.25) is 9.36 Å². The van der Waals surface area contributed by atoms with Gasteiger partial charge < -0.3 is 4.90 Å². The summed E-state index contributed by atoms with van der Waals surface area (Å²) in [6, 6.07) is 10.6. The molecule has 0 aliphatic carbocycles. The van der Waals surface area contributed by atoms with Crippen molar-refractivity contribution in [3.63, 3.8) is 0 Å². The van der Waals surface area contributed by atoms with E-state index < -0.39 is 0 Å². The molecule has 0 unspecified atom stereocenters. The van der Waals surface area contributed by atoms with E-state index in [-0.39, 0.29) is 16.8 Å². The fraction of sp³-hybridized carbons (Fsp3) is 0.571. The molecule has 1 N–H and O–H groups in total. The lowest BCUT2D eigenvalue weighted by atomic mass is 9.90. The number of carbonyl (C=O) groups is 1. The van der Waals surface area contributed by atoms with Crippen LogP contribution in [0.3, 0.4) is 0 Å². The molecule has 0 spiro atoms. The van der Waals surface area contributed by atoms with Crippen LogP contribution in [0.25, 0.3) is 0 Å². The Morgan fingerprint density at radius 2 is 2.00 bits per heavy atom. The van der Waals surface area contributed by atoms with Gasteiger partial charge in [0.2, 0.25) is 5.91 Å². The molecule has 1 atom stereocenters. The van der Waals surface area contributed by atoms with E-state index in [9.17, 15) is 9.59 Å². The second-order valence-corrected chi connectivity index (χ2v) is 8.84. The molecule has 1 fully saturated rings. The smallest absolute Gasteiger partial charge is 0.342 e. The number of H-pyrrole nitrogens is 1. The van der Waals surface area contributed by atoms with Crippen molar-refractivity contribution in [2.24, 2.45) is 5.92 Å².